The lowest BCUT2D eigenvalue weighted by atomic mass is 10.0. The van der Waals surface area contributed by atoms with Crippen LogP contribution in [-0.4, -0.2) is 19.3 Å². The van der Waals surface area contributed by atoms with Crippen molar-refractivity contribution in [2.45, 2.75) is 32.2 Å². The predicted molar refractivity (Wildman–Crippen MR) is 68.8 cm³/mol. The van der Waals surface area contributed by atoms with Crippen LogP contribution in [0.4, 0.5) is 4.39 Å². The molecular formula is C13H19ClFNO. The van der Waals surface area contributed by atoms with Crippen molar-refractivity contribution in [2.75, 3.05) is 13.2 Å². The molecule has 0 saturated carbocycles. The summed E-state index contributed by atoms with van der Waals surface area (Å²) in [6.45, 7) is 3.38. The van der Waals surface area contributed by atoms with Crippen molar-refractivity contribution in [1.82, 2.24) is 0 Å². The van der Waals surface area contributed by atoms with E-state index in [2.05, 4.69) is 0 Å². The summed E-state index contributed by atoms with van der Waals surface area (Å²) in [6.07, 6.45) is 2.17. The second-order valence-electron chi connectivity index (χ2n) is 4.00. The van der Waals surface area contributed by atoms with E-state index in [1.165, 1.54) is 6.07 Å². The van der Waals surface area contributed by atoms with Crippen LogP contribution in [0.3, 0.4) is 0 Å². The topological polar surface area (TPSA) is 35.2 Å². The molecule has 0 saturated heterocycles. The molecule has 1 unspecified atom stereocenters. The van der Waals surface area contributed by atoms with Gasteiger partial charge in [-0.3, -0.25) is 0 Å². The van der Waals surface area contributed by atoms with E-state index in [1.807, 2.05) is 6.92 Å². The zero-order valence-electron chi connectivity index (χ0n) is 10.1. The summed E-state index contributed by atoms with van der Waals surface area (Å²) in [5, 5.41) is 0.449. The summed E-state index contributed by atoms with van der Waals surface area (Å²) in [5.74, 6) is -0.280. The summed E-state index contributed by atoms with van der Waals surface area (Å²) in [6, 6.07) is 4.62. The number of rotatable bonds is 7. The van der Waals surface area contributed by atoms with Crippen molar-refractivity contribution in [3.05, 3.63) is 34.6 Å². The average Bonchev–Trinajstić information content (AvgIpc) is 2.30. The maximum absolute atomic E-state index is 13.5. The molecule has 0 bridgehead atoms. The maximum Gasteiger partial charge on any atom is 0.127 e. The zero-order valence-corrected chi connectivity index (χ0v) is 10.8. The lowest BCUT2D eigenvalue weighted by molar-refractivity contribution is 0.142. The van der Waals surface area contributed by atoms with Gasteiger partial charge in [-0.15, -0.1) is 0 Å². The molecule has 2 nitrogen and oxygen atoms in total. The van der Waals surface area contributed by atoms with E-state index in [0.717, 1.165) is 12.8 Å². The van der Waals surface area contributed by atoms with Gasteiger partial charge in [0.05, 0.1) is 0 Å². The molecule has 0 aliphatic heterocycles. The third-order valence-electron chi connectivity index (χ3n) is 2.60. The van der Waals surface area contributed by atoms with Crippen molar-refractivity contribution in [1.29, 1.82) is 0 Å². The first kappa shape index (κ1) is 14.4. The average molecular weight is 260 g/mol. The lowest BCUT2D eigenvalue weighted by Crippen LogP contribution is -2.24. The molecule has 1 aromatic rings. The van der Waals surface area contributed by atoms with E-state index >= 15 is 0 Å². The predicted octanol–water partition coefficient (Wildman–Crippen LogP) is 3.17. The molecule has 0 aliphatic carbocycles. The van der Waals surface area contributed by atoms with Crippen LogP contribution in [0.15, 0.2) is 18.2 Å². The standard InChI is InChI=1S/C13H19ClFNO/c1-2-17-8-4-5-10(16)9-11-12(14)6-3-7-13(11)15/h3,6-7,10H,2,4-5,8-9,16H2,1H3. The Balaban J connectivity index is 2.42. The van der Waals surface area contributed by atoms with Crippen molar-refractivity contribution < 1.29 is 9.13 Å². The highest BCUT2D eigenvalue weighted by Crippen LogP contribution is 2.20. The quantitative estimate of drug-likeness (QED) is 0.764. The van der Waals surface area contributed by atoms with Crippen LogP contribution in [0.25, 0.3) is 0 Å². The fourth-order valence-electron chi connectivity index (χ4n) is 1.68. The highest BCUT2D eigenvalue weighted by atomic mass is 35.5. The Morgan fingerprint density at radius 1 is 1.47 bits per heavy atom. The van der Waals surface area contributed by atoms with Crippen molar-refractivity contribution in [3.8, 4) is 0 Å². The molecule has 96 valence electrons. The molecule has 0 heterocycles. The Morgan fingerprint density at radius 2 is 2.24 bits per heavy atom. The van der Waals surface area contributed by atoms with Gasteiger partial charge < -0.3 is 10.5 Å². The van der Waals surface area contributed by atoms with Crippen LogP contribution < -0.4 is 5.73 Å². The summed E-state index contributed by atoms with van der Waals surface area (Å²) >= 11 is 5.94. The van der Waals surface area contributed by atoms with E-state index in [4.69, 9.17) is 22.1 Å². The molecule has 1 aromatic carbocycles. The van der Waals surface area contributed by atoms with E-state index in [-0.39, 0.29) is 11.9 Å². The normalized spacial score (nSPS) is 12.7. The van der Waals surface area contributed by atoms with E-state index in [9.17, 15) is 4.39 Å². The molecular weight excluding hydrogens is 241 g/mol. The molecule has 1 atom stereocenters. The molecule has 1 rings (SSSR count). The molecule has 0 fully saturated rings. The van der Waals surface area contributed by atoms with Gasteiger partial charge in [-0.2, -0.15) is 0 Å². The maximum atomic E-state index is 13.5. The van der Waals surface area contributed by atoms with Crippen molar-refractivity contribution >= 4 is 11.6 Å². The minimum Gasteiger partial charge on any atom is -0.382 e. The largest absolute Gasteiger partial charge is 0.382 e. The van der Waals surface area contributed by atoms with E-state index in [0.29, 0.717) is 30.2 Å². The van der Waals surface area contributed by atoms with Gasteiger partial charge in [-0.25, -0.2) is 4.39 Å². The minimum absolute atomic E-state index is 0.0788. The SMILES string of the molecule is CCOCCCC(N)Cc1c(F)cccc1Cl. The highest BCUT2D eigenvalue weighted by Gasteiger charge is 2.11. The van der Waals surface area contributed by atoms with Gasteiger partial charge in [0.25, 0.3) is 0 Å². The van der Waals surface area contributed by atoms with E-state index in [1.54, 1.807) is 12.1 Å². The molecule has 0 aliphatic rings. The number of halogens is 2. The molecule has 0 amide bonds. The number of hydrogen-bond acceptors (Lipinski definition) is 2. The van der Waals surface area contributed by atoms with Gasteiger partial charge in [0.1, 0.15) is 5.82 Å². The summed E-state index contributed by atoms with van der Waals surface area (Å²) in [5.41, 5.74) is 6.46. The Hall–Kier alpha value is -0.640. The van der Waals surface area contributed by atoms with Gasteiger partial charge in [-0.1, -0.05) is 17.7 Å². The Kier molecular flexibility index (Phi) is 6.48. The first-order valence-corrected chi connectivity index (χ1v) is 6.29. The van der Waals surface area contributed by atoms with Crippen LogP contribution >= 0.6 is 11.6 Å². The number of ether oxygens (including phenoxy) is 1. The highest BCUT2D eigenvalue weighted by molar-refractivity contribution is 6.31. The second kappa shape index (κ2) is 7.64. The van der Waals surface area contributed by atoms with Gasteiger partial charge >= 0.3 is 0 Å². The Morgan fingerprint density at radius 3 is 2.88 bits per heavy atom. The van der Waals surface area contributed by atoms with Crippen molar-refractivity contribution in [2.24, 2.45) is 5.73 Å². The van der Waals surface area contributed by atoms with E-state index < -0.39 is 0 Å². The minimum atomic E-state index is -0.280. The fourth-order valence-corrected chi connectivity index (χ4v) is 1.92. The van der Waals surface area contributed by atoms with Crippen molar-refractivity contribution in [3.63, 3.8) is 0 Å². The van der Waals surface area contributed by atoms with Crippen LogP contribution in [0, 0.1) is 5.82 Å². The smallest absolute Gasteiger partial charge is 0.127 e. The zero-order chi connectivity index (χ0) is 12.7. The summed E-state index contributed by atoms with van der Waals surface area (Å²) in [7, 11) is 0. The fraction of sp³-hybridized carbons (Fsp3) is 0.538. The van der Waals surface area contributed by atoms with Gasteiger partial charge in [-0.05, 0) is 38.3 Å². The van der Waals surface area contributed by atoms with Gasteiger partial charge in [0, 0.05) is 29.8 Å². The third-order valence-corrected chi connectivity index (χ3v) is 2.95. The number of nitrogens with two attached hydrogens (primary N) is 1. The van der Waals surface area contributed by atoms with Gasteiger partial charge in [0.15, 0.2) is 0 Å². The Bertz CT molecular complexity index is 326. The number of hydrogen-bond donors (Lipinski definition) is 1. The monoisotopic (exact) mass is 259 g/mol. The van der Waals surface area contributed by atoms with Crippen LogP contribution in [0.5, 0.6) is 0 Å². The molecule has 17 heavy (non-hydrogen) atoms. The summed E-state index contributed by atoms with van der Waals surface area (Å²) < 4.78 is 18.7. The van der Waals surface area contributed by atoms with Crippen LogP contribution in [-0.2, 0) is 11.2 Å². The lowest BCUT2D eigenvalue weighted by Gasteiger charge is -2.13. The van der Waals surface area contributed by atoms with Crippen LogP contribution in [0.1, 0.15) is 25.3 Å². The third kappa shape index (κ3) is 5.02. The first-order valence-electron chi connectivity index (χ1n) is 5.91. The first-order chi connectivity index (χ1) is 8.15. The molecule has 2 N–H and O–H groups in total. The molecule has 4 heteroatoms. The Labute approximate surface area is 107 Å². The van der Waals surface area contributed by atoms with Gasteiger partial charge in [0.2, 0.25) is 0 Å². The van der Waals surface area contributed by atoms with Crippen LogP contribution in [0.2, 0.25) is 5.02 Å². The molecule has 0 spiro atoms. The molecule has 0 radical (unpaired) electrons. The summed E-state index contributed by atoms with van der Waals surface area (Å²) in [4.78, 5) is 0. The second-order valence-corrected chi connectivity index (χ2v) is 4.41. The number of benzene rings is 1. The molecule has 0 aromatic heterocycles.